The molecule has 0 aliphatic rings. The van der Waals surface area contributed by atoms with Crippen molar-refractivity contribution in [2.75, 3.05) is 39.6 Å². The normalized spacial score (nSPS) is 11.5. The minimum Gasteiger partial charge on any atom is -0.383 e. The maximum Gasteiger partial charge on any atom is 0.179 e. The highest BCUT2D eigenvalue weighted by molar-refractivity contribution is 7.91. The van der Waals surface area contributed by atoms with Crippen LogP contribution < -0.4 is 0 Å². The second kappa shape index (κ2) is 7.24. The second-order valence-corrected chi connectivity index (χ2v) is 6.36. The second-order valence-electron chi connectivity index (χ2n) is 4.25. The molecule has 1 aromatic rings. The lowest BCUT2D eigenvalue weighted by Crippen LogP contribution is -2.28. The fourth-order valence-corrected chi connectivity index (χ4v) is 2.89. The minimum atomic E-state index is -3.35. The maximum absolute atomic E-state index is 12.1. The van der Waals surface area contributed by atoms with Crippen molar-refractivity contribution in [2.24, 2.45) is 0 Å². The summed E-state index contributed by atoms with van der Waals surface area (Å²) in [5.41, 5.74) is 0.355. The van der Waals surface area contributed by atoms with Gasteiger partial charge in [0.2, 0.25) is 0 Å². The zero-order chi connectivity index (χ0) is 14.3. The number of benzene rings is 1. The number of nitrogens with zero attached hydrogens (tertiary/aromatic N) is 2. The Morgan fingerprint density at radius 1 is 1.37 bits per heavy atom. The van der Waals surface area contributed by atoms with E-state index in [-0.39, 0.29) is 10.6 Å². The van der Waals surface area contributed by atoms with E-state index in [2.05, 4.69) is 0 Å². The van der Waals surface area contributed by atoms with Gasteiger partial charge in [0.25, 0.3) is 0 Å². The molecule has 0 bridgehead atoms. The van der Waals surface area contributed by atoms with Crippen LogP contribution in [0.15, 0.2) is 29.2 Å². The number of hydrogen-bond donors (Lipinski definition) is 0. The van der Waals surface area contributed by atoms with Gasteiger partial charge >= 0.3 is 0 Å². The average molecular weight is 282 g/mol. The quantitative estimate of drug-likeness (QED) is 0.743. The van der Waals surface area contributed by atoms with Crippen molar-refractivity contribution in [1.29, 1.82) is 5.26 Å². The van der Waals surface area contributed by atoms with Crippen LogP contribution in [0.2, 0.25) is 0 Å². The molecule has 0 atom stereocenters. The predicted octanol–water partition coefficient (Wildman–Crippen LogP) is 0.910. The molecule has 0 saturated carbocycles. The zero-order valence-corrected chi connectivity index (χ0v) is 12.0. The van der Waals surface area contributed by atoms with Gasteiger partial charge in [0.05, 0.1) is 28.9 Å². The third-order valence-corrected chi connectivity index (χ3v) is 4.43. The van der Waals surface area contributed by atoms with E-state index in [4.69, 9.17) is 10.00 Å². The van der Waals surface area contributed by atoms with Gasteiger partial charge in [-0.3, -0.25) is 0 Å². The molecule has 0 amide bonds. The van der Waals surface area contributed by atoms with Crippen molar-refractivity contribution in [3.63, 3.8) is 0 Å². The van der Waals surface area contributed by atoms with Gasteiger partial charge in [-0.25, -0.2) is 8.42 Å². The summed E-state index contributed by atoms with van der Waals surface area (Å²) in [6.07, 6.45) is 0. The van der Waals surface area contributed by atoms with Crippen LogP contribution in [0.25, 0.3) is 0 Å². The first-order valence-corrected chi connectivity index (χ1v) is 7.55. The number of ether oxygens (including phenoxy) is 1. The monoisotopic (exact) mass is 282 g/mol. The summed E-state index contributed by atoms with van der Waals surface area (Å²) in [6, 6.07) is 8.04. The van der Waals surface area contributed by atoms with Gasteiger partial charge in [0.15, 0.2) is 9.84 Å². The summed E-state index contributed by atoms with van der Waals surface area (Å²) in [4.78, 5) is 2.10. The molecule has 0 fully saturated rings. The van der Waals surface area contributed by atoms with Gasteiger partial charge in [-0.15, -0.1) is 0 Å². The Bertz CT molecular complexity index is 549. The van der Waals surface area contributed by atoms with Gasteiger partial charge in [-0.2, -0.15) is 5.26 Å². The lowest BCUT2D eigenvalue weighted by Gasteiger charge is -2.15. The van der Waals surface area contributed by atoms with Crippen LogP contribution in [0.3, 0.4) is 0 Å². The van der Waals surface area contributed by atoms with Crippen LogP contribution in [0.5, 0.6) is 0 Å². The summed E-state index contributed by atoms with van der Waals surface area (Å²) in [5.74, 6) is 0.0299. The Balaban J connectivity index is 2.68. The topological polar surface area (TPSA) is 70.4 Å². The first kappa shape index (κ1) is 15.6. The van der Waals surface area contributed by atoms with E-state index in [1.54, 1.807) is 19.2 Å². The van der Waals surface area contributed by atoms with Crippen molar-refractivity contribution >= 4 is 9.84 Å². The minimum absolute atomic E-state index is 0.0299. The Hall–Kier alpha value is -1.42. The third-order valence-electron chi connectivity index (χ3n) is 2.74. The van der Waals surface area contributed by atoms with Crippen LogP contribution >= 0.6 is 0 Å². The van der Waals surface area contributed by atoms with E-state index in [1.807, 2.05) is 18.0 Å². The van der Waals surface area contributed by atoms with Crippen molar-refractivity contribution in [2.45, 2.75) is 4.90 Å². The highest BCUT2D eigenvalue weighted by Crippen LogP contribution is 2.13. The molecule has 1 aromatic carbocycles. The zero-order valence-electron chi connectivity index (χ0n) is 11.2. The molecule has 1 rings (SSSR count). The molecule has 0 spiro atoms. The lowest BCUT2D eigenvalue weighted by molar-refractivity contribution is 0.164. The fourth-order valence-electron chi connectivity index (χ4n) is 1.51. The molecule has 0 radical (unpaired) electrons. The third kappa shape index (κ3) is 4.99. The van der Waals surface area contributed by atoms with E-state index < -0.39 is 9.84 Å². The highest BCUT2D eigenvalue weighted by atomic mass is 32.2. The number of methoxy groups -OCH3 is 1. The number of hydrogen-bond acceptors (Lipinski definition) is 5. The molecule has 0 saturated heterocycles. The summed E-state index contributed by atoms with van der Waals surface area (Å²) in [6.45, 7) is 1.69. The first-order chi connectivity index (χ1) is 8.99. The lowest BCUT2D eigenvalue weighted by atomic mass is 10.2. The molecule has 6 heteroatoms. The largest absolute Gasteiger partial charge is 0.383 e. The molecular weight excluding hydrogens is 264 g/mol. The first-order valence-electron chi connectivity index (χ1n) is 5.90. The molecule has 0 heterocycles. The molecule has 0 aromatic heterocycles. The van der Waals surface area contributed by atoms with Gasteiger partial charge < -0.3 is 9.64 Å². The van der Waals surface area contributed by atoms with Crippen molar-refractivity contribution in [3.05, 3.63) is 29.8 Å². The number of nitriles is 1. The molecule has 0 unspecified atom stereocenters. The van der Waals surface area contributed by atoms with E-state index in [0.717, 1.165) is 0 Å². The standard InChI is InChI=1S/C13H18N2O3S/c1-15(6-8-18-2)7-9-19(16,17)13-5-3-4-12(10-13)11-14/h3-5,10H,6-9H2,1-2H3. The Morgan fingerprint density at radius 2 is 2.11 bits per heavy atom. The van der Waals surface area contributed by atoms with E-state index in [1.165, 1.54) is 12.1 Å². The van der Waals surface area contributed by atoms with Gasteiger partial charge in [-0.1, -0.05) is 6.07 Å². The molecular formula is C13H18N2O3S. The number of rotatable bonds is 7. The maximum atomic E-state index is 12.1. The van der Waals surface area contributed by atoms with E-state index >= 15 is 0 Å². The summed E-state index contributed by atoms with van der Waals surface area (Å²) in [5, 5.41) is 8.78. The molecule has 19 heavy (non-hydrogen) atoms. The van der Waals surface area contributed by atoms with Crippen LogP contribution in [-0.2, 0) is 14.6 Å². The molecule has 0 aliphatic carbocycles. The van der Waals surface area contributed by atoms with Crippen LogP contribution in [0, 0.1) is 11.3 Å². The Kier molecular flexibility index (Phi) is 5.96. The Labute approximate surface area is 114 Å². The highest BCUT2D eigenvalue weighted by Gasteiger charge is 2.15. The summed E-state index contributed by atoms with van der Waals surface area (Å²) in [7, 11) is 0.110. The number of sulfone groups is 1. The van der Waals surface area contributed by atoms with Gasteiger partial charge in [0.1, 0.15) is 0 Å². The number of likely N-dealkylation sites (N-methyl/N-ethyl adjacent to an activating group) is 1. The Morgan fingerprint density at radius 3 is 2.74 bits per heavy atom. The molecule has 0 aliphatic heterocycles. The SMILES string of the molecule is COCCN(C)CCS(=O)(=O)c1cccc(C#N)c1. The van der Waals surface area contributed by atoms with Crippen LogP contribution in [0.1, 0.15) is 5.56 Å². The smallest absolute Gasteiger partial charge is 0.179 e. The van der Waals surface area contributed by atoms with E-state index in [0.29, 0.717) is 25.3 Å². The fraction of sp³-hybridized carbons (Fsp3) is 0.462. The molecule has 0 N–H and O–H groups in total. The van der Waals surface area contributed by atoms with Crippen molar-refractivity contribution < 1.29 is 13.2 Å². The van der Waals surface area contributed by atoms with Gasteiger partial charge in [-0.05, 0) is 25.2 Å². The van der Waals surface area contributed by atoms with Crippen LogP contribution in [-0.4, -0.2) is 52.9 Å². The predicted molar refractivity (Wildman–Crippen MR) is 72.6 cm³/mol. The molecule has 104 valence electrons. The summed E-state index contributed by atoms with van der Waals surface area (Å²) >= 11 is 0. The average Bonchev–Trinajstić information content (AvgIpc) is 2.43. The van der Waals surface area contributed by atoms with Crippen LogP contribution in [0.4, 0.5) is 0 Å². The summed E-state index contributed by atoms with van der Waals surface area (Å²) < 4.78 is 29.2. The molecule has 5 nitrogen and oxygen atoms in total. The van der Waals surface area contributed by atoms with Crippen molar-refractivity contribution in [1.82, 2.24) is 4.90 Å². The van der Waals surface area contributed by atoms with Gasteiger partial charge in [0, 0.05) is 20.2 Å². The van der Waals surface area contributed by atoms with E-state index in [9.17, 15) is 8.42 Å². The van der Waals surface area contributed by atoms with Crippen molar-refractivity contribution in [3.8, 4) is 6.07 Å².